The van der Waals surface area contributed by atoms with Gasteiger partial charge in [-0.25, -0.2) is 0 Å². The second-order valence-corrected chi connectivity index (χ2v) is 8.68. The summed E-state index contributed by atoms with van der Waals surface area (Å²) in [6.07, 6.45) is 0.852. The van der Waals surface area contributed by atoms with Crippen LogP contribution in [0.2, 0.25) is 15.1 Å². The van der Waals surface area contributed by atoms with Crippen molar-refractivity contribution in [3.63, 3.8) is 0 Å². The van der Waals surface area contributed by atoms with Crippen LogP contribution >= 0.6 is 34.8 Å². The maximum Gasteiger partial charge on any atom is 0.0945 e. The molecule has 5 heteroatoms. The number of halogens is 3. The van der Waals surface area contributed by atoms with E-state index in [9.17, 15) is 0 Å². The third-order valence-electron chi connectivity index (χ3n) is 5.51. The van der Waals surface area contributed by atoms with Crippen LogP contribution in [0.25, 0.3) is 0 Å². The zero-order chi connectivity index (χ0) is 21.3. The molecule has 0 radical (unpaired) electrons. The lowest BCUT2D eigenvalue weighted by atomic mass is 9.87. The van der Waals surface area contributed by atoms with Crippen molar-refractivity contribution in [3.8, 4) is 0 Å². The molecule has 0 saturated heterocycles. The summed E-state index contributed by atoms with van der Waals surface area (Å²) < 4.78 is 0. The molecule has 0 unspecified atom stereocenters. The molecule has 0 amide bonds. The Balaban J connectivity index is 1.91. The Morgan fingerprint density at radius 2 is 1.33 bits per heavy atom. The van der Waals surface area contributed by atoms with Gasteiger partial charge in [0.2, 0.25) is 0 Å². The van der Waals surface area contributed by atoms with E-state index in [0.717, 1.165) is 12.1 Å². The number of anilines is 1. The highest BCUT2D eigenvalue weighted by Crippen LogP contribution is 2.45. The maximum atomic E-state index is 6.59. The van der Waals surface area contributed by atoms with Crippen molar-refractivity contribution in [3.05, 3.63) is 110 Å². The van der Waals surface area contributed by atoms with Crippen molar-refractivity contribution in [2.45, 2.75) is 19.3 Å². The molecule has 1 heterocycles. The van der Waals surface area contributed by atoms with Gasteiger partial charge in [0.25, 0.3) is 0 Å². The minimum absolute atomic E-state index is 0.113. The largest absolute Gasteiger partial charge is 0.358 e. The number of nitrogens with zero attached hydrogens (tertiary/aromatic N) is 2. The fourth-order valence-corrected chi connectivity index (χ4v) is 5.31. The van der Waals surface area contributed by atoms with Crippen molar-refractivity contribution in [2.75, 3.05) is 18.6 Å². The van der Waals surface area contributed by atoms with E-state index in [0.29, 0.717) is 21.7 Å². The first-order chi connectivity index (χ1) is 14.5. The molecule has 154 valence electrons. The summed E-state index contributed by atoms with van der Waals surface area (Å²) in [7, 11) is 2.13. The Hall–Kier alpha value is -2.13. The molecule has 0 bridgehead atoms. The predicted molar refractivity (Wildman–Crippen MR) is 129 cm³/mol. The molecule has 0 aliphatic carbocycles. The predicted octanol–water partition coefficient (Wildman–Crippen LogP) is 7.81. The fourth-order valence-electron chi connectivity index (χ4n) is 4.29. The Kier molecular flexibility index (Phi) is 6.29. The zero-order valence-corrected chi connectivity index (χ0v) is 19.2. The first-order valence-electron chi connectivity index (χ1n) is 9.97. The van der Waals surface area contributed by atoms with E-state index in [1.807, 2.05) is 0 Å². The third kappa shape index (κ3) is 3.92. The summed E-state index contributed by atoms with van der Waals surface area (Å²) in [4.78, 5) is 4.51. The summed E-state index contributed by atoms with van der Waals surface area (Å²) in [5.74, 6) is 0.113. The van der Waals surface area contributed by atoms with Gasteiger partial charge in [0, 0.05) is 23.5 Å². The van der Waals surface area contributed by atoms with E-state index < -0.39 is 0 Å². The van der Waals surface area contributed by atoms with E-state index in [1.54, 1.807) is 12.1 Å². The van der Waals surface area contributed by atoms with Crippen LogP contribution in [-0.2, 0) is 0 Å². The molecule has 2 nitrogen and oxygen atoms in total. The molecule has 4 rings (SSSR count). The Morgan fingerprint density at radius 1 is 0.833 bits per heavy atom. The molecular weight excluding hydrogens is 435 g/mol. The number of benzene rings is 3. The van der Waals surface area contributed by atoms with Crippen LogP contribution < -0.4 is 4.90 Å². The van der Waals surface area contributed by atoms with Gasteiger partial charge in [-0.05, 0) is 29.7 Å². The van der Waals surface area contributed by atoms with Gasteiger partial charge in [-0.3, -0.25) is 0 Å². The molecule has 0 atom stereocenters. The SMILES string of the molecule is CCC1=C(C(c2ccccc2)c2ccccc2)N(C)CN1c1c(Cl)cc(Cl)cc1Cl. The molecule has 0 fully saturated rings. The smallest absolute Gasteiger partial charge is 0.0945 e. The third-order valence-corrected chi connectivity index (χ3v) is 6.31. The number of allylic oxidation sites excluding steroid dienone is 2. The van der Waals surface area contributed by atoms with Gasteiger partial charge in [0.05, 0.1) is 28.3 Å². The molecular formula is C25H23Cl3N2. The van der Waals surface area contributed by atoms with E-state index in [2.05, 4.69) is 84.4 Å². The Labute approximate surface area is 193 Å². The second kappa shape index (κ2) is 8.93. The highest BCUT2D eigenvalue weighted by molar-refractivity contribution is 6.41. The first-order valence-corrected chi connectivity index (χ1v) is 11.1. The van der Waals surface area contributed by atoms with Crippen molar-refractivity contribution in [2.24, 2.45) is 0 Å². The van der Waals surface area contributed by atoms with Crippen LogP contribution in [0.4, 0.5) is 5.69 Å². The monoisotopic (exact) mass is 456 g/mol. The average molecular weight is 458 g/mol. The zero-order valence-electron chi connectivity index (χ0n) is 16.9. The topological polar surface area (TPSA) is 6.48 Å². The average Bonchev–Trinajstić information content (AvgIpc) is 3.05. The molecule has 0 spiro atoms. The summed E-state index contributed by atoms with van der Waals surface area (Å²) in [5.41, 5.74) is 5.79. The van der Waals surface area contributed by atoms with Gasteiger partial charge < -0.3 is 9.80 Å². The Morgan fingerprint density at radius 3 is 1.80 bits per heavy atom. The van der Waals surface area contributed by atoms with Crippen molar-refractivity contribution >= 4 is 40.5 Å². The number of hydrogen-bond donors (Lipinski definition) is 0. The highest BCUT2D eigenvalue weighted by atomic mass is 35.5. The van der Waals surface area contributed by atoms with E-state index >= 15 is 0 Å². The van der Waals surface area contributed by atoms with Gasteiger partial charge in [0.15, 0.2) is 0 Å². The summed E-state index contributed by atoms with van der Waals surface area (Å²) in [6.45, 7) is 2.85. The number of hydrogen-bond acceptors (Lipinski definition) is 2. The molecule has 1 aliphatic heterocycles. The fraction of sp³-hybridized carbons (Fsp3) is 0.200. The summed E-state index contributed by atoms with van der Waals surface area (Å²) in [5, 5.41) is 1.66. The van der Waals surface area contributed by atoms with Crippen LogP contribution in [0, 0.1) is 0 Å². The van der Waals surface area contributed by atoms with Gasteiger partial charge in [-0.1, -0.05) is 102 Å². The normalized spacial score (nSPS) is 14.2. The molecule has 0 saturated carbocycles. The molecule has 30 heavy (non-hydrogen) atoms. The van der Waals surface area contributed by atoms with E-state index in [-0.39, 0.29) is 5.92 Å². The standard InChI is InChI=1S/C25H23Cl3N2/c1-3-22-25(23(17-10-6-4-7-11-17)18-12-8-5-9-13-18)29(2)16-30(22)24-20(27)14-19(26)15-21(24)28/h4-15,23H,3,16H2,1-2H3. The Bertz CT molecular complexity index is 1000. The van der Waals surface area contributed by atoms with E-state index in [1.165, 1.54) is 22.5 Å². The van der Waals surface area contributed by atoms with Crippen LogP contribution in [0.15, 0.2) is 84.2 Å². The van der Waals surface area contributed by atoms with Crippen molar-refractivity contribution < 1.29 is 0 Å². The van der Waals surface area contributed by atoms with Gasteiger partial charge >= 0.3 is 0 Å². The quantitative estimate of drug-likeness (QED) is 0.385. The lowest BCUT2D eigenvalue weighted by Gasteiger charge is -2.26. The lowest BCUT2D eigenvalue weighted by Crippen LogP contribution is -2.26. The van der Waals surface area contributed by atoms with Crippen LogP contribution in [0.3, 0.4) is 0 Å². The molecule has 3 aromatic rings. The second-order valence-electron chi connectivity index (χ2n) is 7.43. The molecule has 0 aromatic heterocycles. The minimum atomic E-state index is 0.113. The van der Waals surface area contributed by atoms with Crippen molar-refractivity contribution in [1.29, 1.82) is 0 Å². The van der Waals surface area contributed by atoms with Crippen molar-refractivity contribution in [1.82, 2.24) is 4.90 Å². The van der Waals surface area contributed by atoms with Crippen LogP contribution in [0.5, 0.6) is 0 Å². The first kappa shape index (κ1) is 21.1. The van der Waals surface area contributed by atoms with Crippen LogP contribution in [-0.4, -0.2) is 18.6 Å². The maximum absolute atomic E-state index is 6.59. The number of rotatable bonds is 5. The number of likely N-dealkylation sites (N-methyl/N-ethyl adjacent to an activating group) is 1. The molecule has 3 aromatic carbocycles. The van der Waals surface area contributed by atoms with E-state index in [4.69, 9.17) is 34.8 Å². The summed E-state index contributed by atoms with van der Waals surface area (Å²) in [6, 6.07) is 24.8. The highest BCUT2D eigenvalue weighted by Gasteiger charge is 2.34. The van der Waals surface area contributed by atoms with Gasteiger partial charge in [0.1, 0.15) is 0 Å². The minimum Gasteiger partial charge on any atom is -0.358 e. The molecule has 1 aliphatic rings. The van der Waals surface area contributed by atoms with Crippen LogP contribution in [0.1, 0.15) is 30.4 Å². The lowest BCUT2D eigenvalue weighted by molar-refractivity contribution is 0.436. The molecule has 0 N–H and O–H groups in total. The van der Waals surface area contributed by atoms with Gasteiger partial charge in [-0.15, -0.1) is 0 Å². The van der Waals surface area contributed by atoms with Gasteiger partial charge in [-0.2, -0.15) is 0 Å². The summed E-state index contributed by atoms with van der Waals surface area (Å²) >= 11 is 19.3.